The molecule has 0 radical (unpaired) electrons. The Labute approximate surface area is 175 Å². The van der Waals surface area contributed by atoms with Gasteiger partial charge in [0.15, 0.2) is 0 Å². The first-order valence-electron chi connectivity index (χ1n) is 8.34. The van der Waals surface area contributed by atoms with E-state index in [4.69, 9.17) is 0 Å². The Balaban J connectivity index is 0.00000243. The molecule has 6 nitrogen and oxygen atoms in total. The number of amides is 1. The molecular weight excluding hydrogens is 341 g/mol. The largest absolute Gasteiger partial charge is 1.00 e. The van der Waals surface area contributed by atoms with Crippen LogP contribution in [0.4, 0.5) is 0 Å². The molecule has 3 rings (SSSR count). The van der Waals surface area contributed by atoms with E-state index in [9.17, 15) is 14.7 Å². The van der Waals surface area contributed by atoms with Gasteiger partial charge in [-0.3, -0.25) is 4.79 Å². The summed E-state index contributed by atoms with van der Waals surface area (Å²) >= 11 is 0. The molecule has 1 aliphatic carbocycles. The van der Waals surface area contributed by atoms with Gasteiger partial charge in [0.1, 0.15) is 5.82 Å². The summed E-state index contributed by atoms with van der Waals surface area (Å²) in [5, 5.41) is 14.3. The van der Waals surface area contributed by atoms with Crippen LogP contribution in [0.1, 0.15) is 31.3 Å². The summed E-state index contributed by atoms with van der Waals surface area (Å²) in [6.45, 7) is 3.57. The van der Waals surface area contributed by atoms with Crippen LogP contribution < -0.4 is 40.0 Å². The van der Waals surface area contributed by atoms with Crippen LogP contribution in [-0.2, 0) is 23.1 Å². The number of hydrogen-bond acceptors (Lipinski definition) is 4. The zero-order valence-corrected chi connectivity index (χ0v) is 17.6. The third-order valence-electron chi connectivity index (χ3n) is 5.19. The van der Waals surface area contributed by atoms with Gasteiger partial charge in [0.25, 0.3) is 0 Å². The summed E-state index contributed by atoms with van der Waals surface area (Å²) < 4.78 is 1.91. The fraction of sp³-hybridized carbons (Fsp3) is 0.421. The fourth-order valence-electron chi connectivity index (χ4n) is 3.54. The molecule has 0 bridgehead atoms. The number of carbonyl (C=O) groups excluding carboxylic acids is 2. The first-order valence-corrected chi connectivity index (χ1v) is 8.34. The second kappa shape index (κ2) is 7.94. The van der Waals surface area contributed by atoms with E-state index < -0.39 is 23.2 Å². The Bertz CT molecular complexity index is 788. The van der Waals surface area contributed by atoms with Crippen molar-refractivity contribution >= 4 is 11.9 Å². The molecule has 0 saturated heterocycles. The van der Waals surface area contributed by atoms with E-state index in [1.165, 1.54) is 0 Å². The van der Waals surface area contributed by atoms with E-state index in [-0.39, 0.29) is 41.5 Å². The Kier molecular flexibility index (Phi) is 6.32. The molecule has 1 aromatic carbocycles. The summed E-state index contributed by atoms with van der Waals surface area (Å²) in [7, 11) is 1.91. The van der Waals surface area contributed by atoms with Gasteiger partial charge >= 0.3 is 29.6 Å². The molecule has 1 saturated carbocycles. The molecule has 26 heavy (non-hydrogen) atoms. The molecule has 132 valence electrons. The van der Waals surface area contributed by atoms with E-state index in [1.807, 2.05) is 48.1 Å². The van der Waals surface area contributed by atoms with Crippen LogP contribution in [0.15, 0.2) is 42.7 Å². The quantitative estimate of drug-likeness (QED) is 0.593. The van der Waals surface area contributed by atoms with Gasteiger partial charge in [-0.2, -0.15) is 0 Å². The maximum Gasteiger partial charge on any atom is 1.00 e. The van der Waals surface area contributed by atoms with Gasteiger partial charge in [0.05, 0.1) is 12.0 Å². The van der Waals surface area contributed by atoms with Crippen molar-refractivity contribution in [1.29, 1.82) is 0 Å². The minimum Gasteiger partial charge on any atom is -0.550 e. The van der Waals surface area contributed by atoms with Crippen LogP contribution in [0.2, 0.25) is 0 Å². The van der Waals surface area contributed by atoms with E-state index in [1.54, 1.807) is 20.0 Å². The number of nitrogens with one attached hydrogen (secondary N) is 1. The Morgan fingerprint density at radius 1 is 1.27 bits per heavy atom. The molecule has 1 heterocycles. The standard InChI is InChI=1S/C19H23N3O3.Na/c1-19(2)15(16(19)18(24)25)17(23)21-13(12-7-5-4-6-8-12)11-14-20-9-10-22(14)3;/h4-10,13,15-16H,11H2,1-3H3,(H,21,23)(H,24,25);/q;+1/p-1. The van der Waals surface area contributed by atoms with Crippen molar-refractivity contribution in [2.24, 2.45) is 24.3 Å². The smallest absolute Gasteiger partial charge is 0.550 e. The van der Waals surface area contributed by atoms with Crippen molar-refractivity contribution in [3.05, 3.63) is 54.1 Å². The average Bonchev–Trinajstić information content (AvgIpc) is 2.94. The van der Waals surface area contributed by atoms with Crippen LogP contribution in [0, 0.1) is 17.3 Å². The van der Waals surface area contributed by atoms with Crippen molar-refractivity contribution in [3.8, 4) is 0 Å². The molecule has 1 aromatic heterocycles. The molecule has 0 aliphatic heterocycles. The van der Waals surface area contributed by atoms with Crippen LogP contribution in [0.5, 0.6) is 0 Å². The number of nitrogens with zero attached hydrogens (tertiary/aromatic N) is 2. The van der Waals surface area contributed by atoms with Gasteiger partial charge in [-0.25, -0.2) is 4.98 Å². The maximum atomic E-state index is 12.7. The number of hydrogen-bond donors (Lipinski definition) is 1. The number of aliphatic carboxylic acids is 1. The van der Waals surface area contributed by atoms with Crippen molar-refractivity contribution in [2.45, 2.75) is 26.3 Å². The summed E-state index contributed by atoms with van der Waals surface area (Å²) in [5.74, 6) is -1.87. The number of carboxylic acids is 1. The topological polar surface area (TPSA) is 87.0 Å². The number of aromatic nitrogens is 2. The first-order chi connectivity index (χ1) is 11.8. The van der Waals surface area contributed by atoms with Gasteiger partial charge in [-0.1, -0.05) is 44.2 Å². The van der Waals surface area contributed by atoms with Crippen LogP contribution in [0.3, 0.4) is 0 Å². The first kappa shape index (κ1) is 20.7. The predicted molar refractivity (Wildman–Crippen MR) is 90.0 cm³/mol. The minimum absolute atomic E-state index is 0. The predicted octanol–water partition coefficient (Wildman–Crippen LogP) is -2.15. The van der Waals surface area contributed by atoms with E-state index in [2.05, 4.69) is 10.3 Å². The normalized spacial score (nSPS) is 21.3. The second-order valence-electron chi connectivity index (χ2n) is 7.23. The van der Waals surface area contributed by atoms with E-state index in [0.29, 0.717) is 6.42 Å². The molecule has 7 heteroatoms. The Hall–Kier alpha value is -1.63. The number of benzene rings is 1. The van der Waals surface area contributed by atoms with Gasteiger partial charge in [0, 0.05) is 37.7 Å². The molecule has 2 aromatic rings. The van der Waals surface area contributed by atoms with Crippen molar-refractivity contribution in [2.75, 3.05) is 0 Å². The molecule has 3 unspecified atom stereocenters. The van der Waals surface area contributed by atoms with Crippen molar-refractivity contribution < 1.29 is 44.3 Å². The third kappa shape index (κ3) is 4.03. The summed E-state index contributed by atoms with van der Waals surface area (Å²) in [6.07, 6.45) is 4.10. The van der Waals surface area contributed by atoms with Crippen molar-refractivity contribution in [1.82, 2.24) is 14.9 Å². The van der Waals surface area contributed by atoms with Crippen LogP contribution >= 0.6 is 0 Å². The molecule has 1 N–H and O–H groups in total. The minimum atomic E-state index is -1.16. The SMILES string of the molecule is Cn1ccnc1CC(NC(=O)C1C(C(=O)[O-])C1(C)C)c1ccccc1.[Na+]. The fourth-order valence-corrected chi connectivity index (χ4v) is 3.54. The molecule has 0 spiro atoms. The molecular formula is C19H22N3NaO3. The monoisotopic (exact) mass is 363 g/mol. The van der Waals surface area contributed by atoms with Crippen molar-refractivity contribution in [3.63, 3.8) is 0 Å². The Morgan fingerprint density at radius 2 is 1.92 bits per heavy atom. The van der Waals surface area contributed by atoms with E-state index in [0.717, 1.165) is 11.4 Å². The number of rotatable bonds is 6. The van der Waals surface area contributed by atoms with Gasteiger partial charge < -0.3 is 19.8 Å². The summed E-state index contributed by atoms with van der Waals surface area (Å²) in [4.78, 5) is 28.3. The summed E-state index contributed by atoms with van der Waals surface area (Å²) in [5.41, 5.74) is 0.384. The van der Waals surface area contributed by atoms with Crippen LogP contribution in [0.25, 0.3) is 0 Å². The van der Waals surface area contributed by atoms with Gasteiger partial charge in [0.2, 0.25) is 5.91 Å². The maximum absolute atomic E-state index is 12.7. The molecule has 3 atom stereocenters. The molecule has 1 fully saturated rings. The zero-order chi connectivity index (χ0) is 18.2. The van der Waals surface area contributed by atoms with Gasteiger partial charge in [-0.15, -0.1) is 0 Å². The average molecular weight is 363 g/mol. The van der Waals surface area contributed by atoms with Crippen LogP contribution in [-0.4, -0.2) is 21.4 Å². The second-order valence-corrected chi connectivity index (χ2v) is 7.23. The van der Waals surface area contributed by atoms with E-state index >= 15 is 0 Å². The summed E-state index contributed by atoms with van der Waals surface area (Å²) in [6, 6.07) is 9.37. The zero-order valence-electron chi connectivity index (χ0n) is 15.6. The molecule has 1 amide bonds. The third-order valence-corrected chi connectivity index (χ3v) is 5.19. The number of imidazole rings is 1. The van der Waals surface area contributed by atoms with Gasteiger partial charge in [-0.05, 0) is 11.0 Å². The number of carboxylic acid groups (broad SMARTS) is 1. The number of aryl methyl sites for hydroxylation is 1. The number of carbonyl (C=O) groups is 2. The Morgan fingerprint density at radius 3 is 2.42 bits per heavy atom. The molecule has 1 aliphatic rings.